The van der Waals surface area contributed by atoms with Gasteiger partial charge in [-0.3, -0.25) is 4.79 Å². The quantitative estimate of drug-likeness (QED) is 0.541. The lowest BCUT2D eigenvalue weighted by Gasteiger charge is -2.16. The van der Waals surface area contributed by atoms with Crippen LogP contribution in [0.4, 0.5) is 8.78 Å². The van der Waals surface area contributed by atoms with E-state index in [1.165, 1.54) is 47.1 Å². The number of hydrogen-bond acceptors (Lipinski definition) is 3. The Morgan fingerprint density at radius 2 is 1.61 bits per heavy atom. The molecule has 0 saturated carbocycles. The van der Waals surface area contributed by atoms with Gasteiger partial charge in [0.05, 0.1) is 17.4 Å². The van der Waals surface area contributed by atoms with Gasteiger partial charge in [0, 0.05) is 16.7 Å². The van der Waals surface area contributed by atoms with Crippen LogP contribution < -0.4 is 11.0 Å². The van der Waals surface area contributed by atoms with E-state index >= 15 is 0 Å². The van der Waals surface area contributed by atoms with Crippen LogP contribution in [0.15, 0.2) is 71.5 Å². The third-order valence-corrected chi connectivity index (χ3v) is 4.54. The van der Waals surface area contributed by atoms with Gasteiger partial charge >= 0.3 is 0 Å². The largest absolute Gasteiger partial charge is 0.317 e. The molecule has 0 bridgehead atoms. The predicted octanol–water partition coefficient (Wildman–Crippen LogP) is 4.74. The Kier molecular flexibility index (Phi) is 4.79. The molecule has 1 aromatic heterocycles. The second-order valence-corrected chi connectivity index (χ2v) is 6.64. The molecule has 0 saturated heterocycles. The van der Waals surface area contributed by atoms with Gasteiger partial charge in [0.1, 0.15) is 11.6 Å². The number of fused-ring (bicyclic) bond motifs is 1. The Bertz CT molecular complexity index is 1210. The maximum Gasteiger partial charge on any atom is 0.280 e. The average molecular weight is 398 g/mol. The summed E-state index contributed by atoms with van der Waals surface area (Å²) in [7, 11) is 0. The highest BCUT2D eigenvalue weighted by Gasteiger charge is 2.14. The first-order chi connectivity index (χ1) is 13.5. The van der Waals surface area contributed by atoms with Crippen molar-refractivity contribution in [2.45, 2.75) is 6.54 Å². The number of benzene rings is 3. The lowest BCUT2D eigenvalue weighted by Crippen LogP contribution is -2.31. The van der Waals surface area contributed by atoms with Crippen LogP contribution in [0.3, 0.4) is 0 Å². The van der Waals surface area contributed by atoms with Crippen molar-refractivity contribution in [1.82, 2.24) is 9.66 Å². The molecule has 0 radical (unpaired) electrons. The summed E-state index contributed by atoms with van der Waals surface area (Å²) in [6.45, 7) is 0.333. The van der Waals surface area contributed by atoms with Crippen molar-refractivity contribution in [1.29, 1.82) is 0 Å². The lowest BCUT2D eigenvalue weighted by molar-refractivity contribution is 0.628. The zero-order valence-electron chi connectivity index (χ0n) is 14.5. The van der Waals surface area contributed by atoms with E-state index in [-0.39, 0.29) is 22.3 Å². The van der Waals surface area contributed by atoms with Gasteiger partial charge in [-0.25, -0.2) is 18.4 Å². The van der Waals surface area contributed by atoms with Crippen molar-refractivity contribution < 1.29 is 8.78 Å². The lowest BCUT2D eigenvalue weighted by atomic mass is 10.2. The molecule has 0 atom stereocenters. The topological polar surface area (TPSA) is 46.9 Å². The zero-order valence-corrected chi connectivity index (χ0v) is 15.3. The second kappa shape index (κ2) is 7.40. The molecule has 140 valence electrons. The third kappa shape index (κ3) is 3.59. The van der Waals surface area contributed by atoms with E-state index in [1.807, 2.05) is 12.1 Å². The molecule has 0 spiro atoms. The van der Waals surface area contributed by atoms with E-state index in [0.29, 0.717) is 17.1 Å². The summed E-state index contributed by atoms with van der Waals surface area (Å²) in [5.74, 6) is -0.632. The molecule has 0 aliphatic carbocycles. The van der Waals surface area contributed by atoms with E-state index in [4.69, 9.17) is 11.6 Å². The minimum atomic E-state index is -0.490. The van der Waals surface area contributed by atoms with Crippen LogP contribution in [0.5, 0.6) is 0 Å². The van der Waals surface area contributed by atoms with Gasteiger partial charge in [0.15, 0.2) is 5.82 Å². The maximum absolute atomic E-state index is 13.6. The average Bonchev–Trinajstić information content (AvgIpc) is 2.69. The van der Waals surface area contributed by atoms with Crippen LogP contribution in [0.2, 0.25) is 5.02 Å². The van der Waals surface area contributed by atoms with Crippen molar-refractivity contribution in [2.75, 3.05) is 5.43 Å². The highest BCUT2D eigenvalue weighted by molar-refractivity contribution is 6.30. The van der Waals surface area contributed by atoms with Crippen molar-refractivity contribution in [3.8, 4) is 11.4 Å². The summed E-state index contributed by atoms with van der Waals surface area (Å²) in [6.07, 6.45) is 0. The van der Waals surface area contributed by atoms with E-state index in [1.54, 1.807) is 12.1 Å². The molecule has 28 heavy (non-hydrogen) atoms. The minimum absolute atomic E-state index is 0.230. The van der Waals surface area contributed by atoms with Gasteiger partial charge < -0.3 is 5.43 Å². The van der Waals surface area contributed by atoms with Crippen LogP contribution in [0, 0.1) is 11.6 Å². The van der Waals surface area contributed by atoms with Gasteiger partial charge in [0.25, 0.3) is 5.56 Å². The highest BCUT2D eigenvalue weighted by atomic mass is 35.5. The predicted molar refractivity (Wildman–Crippen MR) is 106 cm³/mol. The Hall–Kier alpha value is -3.25. The molecule has 0 aliphatic rings. The van der Waals surface area contributed by atoms with Crippen LogP contribution in [-0.2, 0) is 6.54 Å². The Morgan fingerprint density at radius 3 is 2.32 bits per heavy atom. The molecule has 0 unspecified atom stereocenters. The molecule has 4 aromatic rings. The normalized spacial score (nSPS) is 11.0. The van der Waals surface area contributed by atoms with Crippen LogP contribution in [0.25, 0.3) is 22.3 Å². The van der Waals surface area contributed by atoms with Crippen LogP contribution >= 0.6 is 11.6 Å². The molecule has 4 nitrogen and oxygen atoms in total. The molecule has 7 heteroatoms. The summed E-state index contributed by atoms with van der Waals surface area (Å²) in [6, 6.07) is 16.6. The van der Waals surface area contributed by atoms with E-state index in [0.717, 1.165) is 5.56 Å². The number of nitrogens with zero attached hydrogens (tertiary/aromatic N) is 2. The van der Waals surface area contributed by atoms with Crippen molar-refractivity contribution >= 4 is 22.5 Å². The summed E-state index contributed by atoms with van der Waals surface area (Å²) in [4.78, 5) is 17.5. The number of aromatic nitrogens is 2. The fraction of sp³-hybridized carbons (Fsp3) is 0.0476. The smallest absolute Gasteiger partial charge is 0.280 e. The number of nitrogens with one attached hydrogen (secondary N) is 1. The minimum Gasteiger partial charge on any atom is -0.317 e. The highest BCUT2D eigenvalue weighted by Crippen LogP contribution is 2.20. The van der Waals surface area contributed by atoms with Gasteiger partial charge in [-0.2, -0.15) is 0 Å². The van der Waals surface area contributed by atoms with Gasteiger partial charge in [0.2, 0.25) is 0 Å². The standard InChI is InChI=1S/C21H14ClF2N3O/c22-15-5-1-13(2-6-15)12-25-27-20(14-3-7-16(23)8-4-14)26-19-11-17(24)9-10-18(19)21(27)28/h1-11,25H,12H2. The van der Waals surface area contributed by atoms with E-state index in [2.05, 4.69) is 10.4 Å². The fourth-order valence-electron chi connectivity index (χ4n) is 2.87. The number of rotatable bonds is 4. The Balaban J connectivity index is 1.84. The maximum atomic E-state index is 13.6. The molecule has 1 N–H and O–H groups in total. The van der Waals surface area contributed by atoms with Crippen molar-refractivity contribution in [2.24, 2.45) is 0 Å². The Morgan fingerprint density at radius 1 is 0.929 bits per heavy atom. The van der Waals surface area contributed by atoms with Gasteiger partial charge in [-0.1, -0.05) is 23.7 Å². The fourth-order valence-corrected chi connectivity index (χ4v) is 3.00. The molecule has 4 rings (SSSR count). The van der Waals surface area contributed by atoms with E-state index < -0.39 is 11.6 Å². The van der Waals surface area contributed by atoms with Crippen molar-refractivity contribution in [3.63, 3.8) is 0 Å². The first-order valence-corrected chi connectivity index (χ1v) is 8.85. The molecule has 0 fully saturated rings. The van der Waals surface area contributed by atoms with Gasteiger partial charge in [-0.05, 0) is 54.1 Å². The molecular formula is C21H14ClF2N3O. The first-order valence-electron chi connectivity index (χ1n) is 8.48. The summed E-state index contributed by atoms with van der Waals surface area (Å²) >= 11 is 5.90. The first kappa shape index (κ1) is 18.1. The number of hydrogen-bond donors (Lipinski definition) is 1. The van der Waals surface area contributed by atoms with Crippen molar-refractivity contribution in [3.05, 3.63) is 99.3 Å². The number of halogens is 3. The SMILES string of the molecule is O=c1c2ccc(F)cc2nc(-c2ccc(F)cc2)n1NCc1ccc(Cl)cc1. The van der Waals surface area contributed by atoms with E-state index in [9.17, 15) is 13.6 Å². The molecular weight excluding hydrogens is 384 g/mol. The second-order valence-electron chi connectivity index (χ2n) is 6.21. The zero-order chi connectivity index (χ0) is 19.7. The molecule has 1 heterocycles. The third-order valence-electron chi connectivity index (χ3n) is 4.29. The molecule has 0 amide bonds. The molecule has 3 aromatic carbocycles. The van der Waals surface area contributed by atoms with Gasteiger partial charge in [-0.15, -0.1) is 0 Å². The molecule has 0 aliphatic heterocycles. The summed E-state index contributed by atoms with van der Waals surface area (Å²) in [5.41, 5.74) is 4.33. The van der Waals surface area contributed by atoms with Crippen LogP contribution in [0.1, 0.15) is 5.56 Å². The Labute approximate surface area is 164 Å². The summed E-state index contributed by atoms with van der Waals surface area (Å²) < 4.78 is 28.3. The summed E-state index contributed by atoms with van der Waals surface area (Å²) in [5, 5.41) is 0.887. The monoisotopic (exact) mass is 397 g/mol. The van der Waals surface area contributed by atoms with Crippen LogP contribution in [-0.4, -0.2) is 9.66 Å².